The molecular formula is C42H46N6O4. The maximum Gasteiger partial charge on any atom is 0.315 e. The van der Waals surface area contributed by atoms with Crippen LogP contribution in [-0.4, -0.2) is 64.8 Å². The summed E-state index contributed by atoms with van der Waals surface area (Å²) in [5.41, 5.74) is 7.05. The minimum Gasteiger partial charge on any atom is -0.392 e. The number of nitrogens with zero attached hydrogens (tertiary/aromatic N) is 4. The summed E-state index contributed by atoms with van der Waals surface area (Å²) < 4.78 is 13.5. The Kier molecular flexibility index (Phi) is 11.5. The van der Waals surface area contributed by atoms with Crippen molar-refractivity contribution in [3.8, 4) is 11.1 Å². The van der Waals surface area contributed by atoms with Gasteiger partial charge in [-0.15, -0.1) is 0 Å². The minimum atomic E-state index is -0.554. The molecule has 3 N–H and O–H groups in total. The number of aliphatic hydroxyl groups is 1. The maximum absolute atomic E-state index is 12.6. The topological polar surface area (TPSA) is 112 Å². The lowest BCUT2D eigenvalue weighted by atomic mass is 9.89. The normalized spacial score (nSPS) is 20.7. The molecule has 0 unspecified atom stereocenters. The van der Waals surface area contributed by atoms with E-state index in [1.54, 1.807) is 12.4 Å². The Labute approximate surface area is 305 Å². The van der Waals surface area contributed by atoms with Crippen molar-refractivity contribution >= 4 is 12.0 Å². The van der Waals surface area contributed by atoms with Crippen LogP contribution in [0.15, 0.2) is 122 Å². The molecule has 2 fully saturated rings. The van der Waals surface area contributed by atoms with Crippen LogP contribution in [0.25, 0.3) is 11.1 Å². The number of carbonyl (C=O) groups is 1. The van der Waals surface area contributed by atoms with E-state index < -0.39 is 6.29 Å². The summed E-state index contributed by atoms with van der Waals surface area (Å²) in [6.07, 6.45) is 2.77. The molecule has 52 heavy (non-hydrogen) atoms. The van der Waals surface area contributed by atoms with Gasteiger partial charge in [-0.1, -0.05) is 110 Å². The third kappa shape index (κ3) is 8.66. The lowest BCUT2D eigenvalue weighted by molar-refractivity contribution is -0.276. The van der Waals surface area contributed by atoms with E-state index in [0.29, 0.717) is 13.1 Å². The fraction of sp³-hybridized carbons (Fsp3) is 0.310. The first-order chi connectivity index (χ1) is 25.5. The van der Waals surface area contributed by atoms with Gasteiger partial charge < -0.3 is 30.1 Å². The van der Waals surface area contributed by atoms with Crippen molar-refractivity contribution in [2.75, 3.05) is 37.6 Å². The van der Waals surface area contributed by atoms with Crippen molar-refractivity contribution in [2.45, 2.75) is 45.1 Å². The van der Waals surface area contributed by atoms with Crippen molar-refractivity contribution in [1.29, 1.82) is 0 Å². The zero-order valence-electron chi connectivity index (χ0n) is 29.5. The summed E-state index contributed by atoms with van der Waals surface area (Å²) in [6, 6.07) is 36.0. The number of nitrogens with one attached hydrogen (secondary N) is 2. The van der Waals surface area contributed by atoms with E-state index >= 15 is 0 Å². The number of anilines is 1. The average Bonchev–Trinajstić information content (AvgIpc) is 3.21. The van der Waals surface area contributed by atoms with Gasteiger partial charge in [-0.2, -0.15) is 0 Å². The highest BCUT2D eigenvalue weighted by molar-refractivity contribution is 5.75. The molecule has 0 saturated carbocycles. The molecule has 0 spiro atoms. The standard InChI is InChI=1S/C42H46N6O4/c1-30-38(28-47-22-24-48(25-23-47)41-43-20-7-21-44-41)51-40(52-39(30)34-14-12-32(29-49)13-15-34)35-18-16-33(17-19-35)37-11-6-5-10-36(37)27-46-42(50)45-26-31-8-3-2-4-9-31/h2-21,30,38-40,49H,22-29H2,1H3,(H2,45,46,50)/t30-,38+,39+,40+/m0/s1. The molecule has 4 atom stereocenters. The molecule has 268 valence electrons. The second-order valence-electron chi connectivity index (χ2n) is 13.5. The van der Waals surface area contributed by atoms with Gasteiger partial charge in [0.2, 0.25) is 5.95 Å². The number of hydrogen-bond donors (Lipinski definition) is 3. The molecule has 1 aromatic heterocycles. The summed E-state index contributed by atoms with van der Waals surface area (Å²) in [5.74, 6) is 0.867. The Bertz CT molecular complexity index is 1870. The zero-order chi connectivity index (χ0) is 35.7. The van der Waals surface area contributed by atoms with Gasteiger partial charge >= 0.3 is 6.03 Å². The van der Waals surface area contributed by atoms with Crippen LogP contribution >= 0.6 is 0 Å². The first kappa shape index (κ1) is 35.3. The predicted molar refractivity (Wildman–Crippen MR) is 201 cm³/mol. The molecule has 7 rings (SSSR count). The Hall–Kier alpha value is -5.13. The van der Waals surface area contributed by atoms with E-state index in [9.17, 15) is 9.90 Å². The lowest BCUT2D eigenvalue weighted by Crippen LogP contribution is -2.51. The molecule has 3 heterocycles. The van der Waals surface area contributed by atoms with Gasteiger partial charge in [-0.25, -0.2) is 14.8 Å². The number of aliphatic hydroxyl groups excluding tert-OH is 1. The van der Waals surface area contributed by atoms with Crippen LogP contribution < -0.4 is 15.5 Å². The second kappa shape index (κ2) is 16.9. The van der Waals surface area contributed by atoms with Gasteiger partial charge in [0, 0.05) is 69.7 Å². The number of piperazine rings is 1. The van der Waals surface area contributed by atoms with Crippen molar-refractivity contribution in [3.05, 3.63) is 149 Å². The third-order valence-electron chi connectivity index (χ3n) is 10.0. The molecule has 10 nitrogen and oxygen atoms in total. The van der Waals surface area contributed by atoms with Crippen LogP contribution in [-0.2, 0) is 29.2 Å². The van der Waals surface area contributed by atoms with Crippen LogP contribution in [0.1, 0.15) is 47.1 Å². The van der Waals surface area contributed by atoms with Gasteiger partial charge in [0.05, 0.1) is 18.8 Å². The van der Waals surface area contributed by atoms with E-state index in [0.717, 1.165) is 77.6 Å². The zero-order valence-corrected chi connectivity index (χ0v) is 29.5. The predicted octanol–water partition coefficient (Wildman–Crippen LogP) is 6.25. The number of carbonyl (C=O) groups excluding carboxylic acids is 1. The highest BCUT2D eigenvalue weighted by Gasteiger charge is 2.39. The quantitative estimate of drug-likeness (QED) is 0.149. The smallest absolute Gasteiger partial charge is 0.315 e. The van der Waals surface area contributed by atoms with E-state index in [-0.39, 0.29) is 30.8 Å². The van der Waals surface area contributed by atoms with E-state index in [4.69, 9.17) is 9.47 Å². The fourth-order valence-electron chi connectivity index (χ4n) is 6.96. The Morgan fingerprint density at radius 3 is 2.15 bits per heavy atom. The van der Waals surface area contributed by atoms with Gasteiger partial charge in [0.1, 0.15) is 0 Å². The first-order valence-electron chi connectivity index (χ1n) is 18.0. The number of amides is 2. The van der Waals surface area contributed by atoms with E-state index in [1.807, 2.05) is 66.7 Å². The number of hydrogen-bond acceptors (Lipinski definition) is 8. The summed E-state index contributed by atoms with van der Waals surface area (Å²) in [6.45, 7) is 7.35. The Balaban J connectivity index is 1.04. The highest BCUT2D eigenvalue weighted by atomic mass is 16.7. The molecule has 2 aliphatic heterocycles. The summed E-state index contributed by atoms with van der Waals surface area (Å²) in [7, 11) is 0. The van der Waals surface area contributed by atoms with Crippen LogP contribution in [0.3, 0.4) is 0 Å². The van der Waals surface area contributed by atoms with E-state index in [2.05, 4.69) is 79.8 Å². The minimum absolute atomic E-state index is 0.00269. The molecule has 10 heteroatoms. The van der Waals surface area contributed by atoms with Crippen LogP contribution in [0.2, 0.25) is 0 Å². The molecule has 0 bridgehead atoms. The van der Waals surface area contributed by atoms with Gasteiger partial charge in [0.25, 0.3) is 0 Å². The monoisotopic (exact) mass is 698 g/mol. The molecular weight excluding hydrogens is 653 g/mol. The van der Waals surface area contributed by atoms with E-state index in [1.165, 1.54) is 0 Å². The molecule has 2 aliphatic rings. The molecule has 2 amide bonds. The maximum atomic E-state index is 12.6. The highest BCUT2D eigenvalue weighted by Crippen LogP contribution is 2.42. The van der Waals surface area contributed by atoms with Crippen molar-refractivity contribution < 1.29 is 19.4 Å². The molecule has 2 saturated heterocycles. The second-order valence-corrected chi connectivity index (χ2v) is 13.5. The van der Waals surface area contributed by atoms with Crippen LogP contribution in [0.4, 0.5) is 10.7 Å². The average molecular weight is 699 g/mol. The van der Waals surface area contributed by atoms with Crippen molar-refractivity contribution in [1.82, 2.24) is 25.5 Å². The molecule has 5 aromatic rings. The number of ether oxygens (including phenoxy) is 2. The first-order valence-corrected chi connectivity index (χ1v) is 18.0. The van der Waals surface area contributed by atoms with Gasteiger partial charge in [-0.3, -0.25) is 4.90 Å². The third-order valence-corrected chi connectivity index (χ3v) is 10.0. The number of aromatic nitrogens is 2. The molecule has 0 aliphatic carbocycles. The number of benzene rings is 4. The van der Waals surface area contributed by atoms with Crippen LogP contribution in [0, 0.1) is 5.92 Å². The summed E-state index contributed by atoms with van der Waals surface area (Å²) >= 11 is 0. The molecule has 4 aromatic carbocycles. The molecule has 0 radical (unpaired) electrons. The number of urea groups is 1. The lowest BCUT2D eigenvalue weighted by Gasteiger charge is -2.44. The largest absolute Gasteiger partial charge is 0.392 e. The Morgan fingerprint density at radius 2 is 1.42 bits per heavy atom. The van der Waals surface area contributed by atoms with Crippen LogP contribution in [0.5, 0.6) is 0 Å². The SMILES string of the molecule is C[C@H]1[C@@H](CN2CCN(c3ncccn3)CC2)O[C@@H](c2ccc(-c3ccccc3CNC(=O)NCc3ccccc3)cc2)O[C@H]1c1ccc(CO)cc1. The number of rotatable bonds is 11. The van der Waals surface area contributed by atoms with Crippen molar-refractivity contribution in [3.63, 3.8) is 0 Å². The Morgan fingerprint density at radius 1 is 0.750 bits per heavy atom. The summed E-state index contributed by atoms with van der Waals surface area (Å²) in [4.78, 5) is 26.2. The fourth-order valence-corrected chi connectivity index (χ4v) is 6.96. The summed E-state index contributed by atoms with van der Waals surface area (Å²) in [5, 5.41) is 15.6. The van der Waals surface area contributed by atoms with Crippen molar-refractivity contribution in [2.24, 2.45) is 5.92 Å². The van der Waals surface area contributed by atoms with Gasteiger partial charge in [0.15, 0.2) is 6.29 Å². The van der Waals surface area contributed by atoms with Gasteiger partial charge in [-0.05, 0) is 39.4 Å².